The third-order valence-electron chi connectivity index (χ3n) is 3.11. The molecular weight excluding hydrogens is 419 g/mol. The molecule has 0 spiro atoms. The molecule has 0 saturated carbocycles. The van der Waals surface area contributed by atoms with Crippen LogP contribution in [0.4, 0.5) is 5.69 Å². The Hall–Kier alpha value is -3.05. The van der Waals surface area contributed by atoms with Gasteiger partial charge in [0.25, 0.3) is 0 Å². The number of phenolic OH excluding ortho intramolecular Hbond substituents is 1. The molecule has 142 valence electrons. The first-order valence-corrected chi connectivity index (χ1v) is 10.7. The molecule has 5 N–H and O–H groups in total. The summed E-state index contributed by atoms with van der Waals surface area (Å²) in [5.74, 6) is -2.02. The van der Waals surface area contributed by atoms with Crippen molar-refractivity contribution >= 4 is 36.1 Å². The van der Waals surface area contributed by atoms with Crippen LogP contribution in [0.2, 0.25) is 0 Å². The molecule has 0 heterocycles. The zero-order valence-electron chi connectivity index (χ0n) is 14.4. The van der Waals surface area contributed by atoms with E-state index < -0.39 is 36.1 Å². The third kappa shape index (κ3) is 6.64. The quantitative estimate of drug-likeness (QED) is 0.342. The molecular formula is C17H17AsN2O7. The van der Waals surface area contributed by atoms with E-state index in [1.807, 2.05) is 13.0 Å². The molecule has 9 nitrogen and oxygen atoms in total. The van der Waals surface area contributed by atoms with Crippen LogP contribution in [0.3, 0.4) is 0 Å². The number of nitriles is 1. The molecule has 0 radical (unpaired) electrons. The molecule has 0 saturated heterocycles. The average molecular weight is 436 g/mol. The zero-order chi connectivity index (χ0) is 20.8. The fourth-order valence-electron chi connectivity index (χ4n) is 1.99. The number of nitrogens with zero attached hydrogens (tertiary/aromatic N) is 1. The number of nitrogens with one attached hydrogen (secondary N) is 1. The fourth-order valence-corrected chi connectivity index (χ4v) is 3.60. The Morgan fingerprint density at radius 1 is 1.19 bits per heavy atom. The molecule has 2 aromatic carbocycles. The molecule has 0 unspecified atom stereocenters. The maximum absolute atomic E-state index is 11.2. The molecule has 10 heteroatoms. The van der Waals surface area contributed by atoms with Gasteiger partial charge in [0.1, 0.15) is 0 Å². The van der Waals surface area contributed by atoms with Gasteiger partial charge in [-0.1, -0.05) is 17.7 Å². The minimum atomic E-state index is -5.35. The summed E-state index contributed by atoms with van der Waals surface area (Å²) in [6.07, 6.45) is 0. The molecule has 0 aliphatic rings. The molecule has 2 aromatic rings. The first kappa shape index (κ1) is 22.0. The second kappa shape index (κ2) is 9.05. The van der Waals surface area contributed by atoms with E-state index in [4.69, 9.17) is 18.6 Å². The Labute approximate surface area is 157 Å². The fraction of sp³-hybridized carbons (Fsp3) is 0.118. The third-order valence-corrected chi connectivity index (χ3v) is 5.16. The predicted molar refractivity (Wildman–Crippen MR) is 95.8 cm³/mol. The zero-order valence-corrected chi connectivity index (χ0v) is 16.2. The number of aromatic carboxylic acids is 1. The molecule has 0 aliphatic carbocycles. The summed E-state index contributed by atoms with van der Waals surface area (Å²) >= 11 is -5.35. The van der Waals surface area contributed by atoms with E-state index in [0.717, 1.165) is 24.6 Å². The molecule has 1 amide bonds. The van der Waals surface area contributed by atoms with Crippen molar-refractivity contribution < 1.29 is 31.7 Å². The first-order valence-electron chi connectivity index (χ1n) is 7.36. The van der Waals surface area contributed by atoms with Gasteiger partial charge in [0.15, 0.2) is 0 Å². The van der Waals surface area contributed by atoms with Crippen molar-refractivity contribution in [2.45, 2.75) is 13.8 Å². The van der Waals surface area contributed by atoms with Gasteiger partial charge >= 0.3 is 105 Å². The number of aromatic hydroxyl groups is 1. The van der Waals surface area contributed by atoms with Crippen LogP contribution in [0, 0.1) is 18.3 Å². The van der Waals surface area contributed by atoms with E-state index in [0.29, 0.717) is 5.56 Å². The average Bonchev–Trinajstić information content (AvgIpc) is 2.55. The summed E-state index contributed by atoms with van der Waals surface area (Å²) in [6, 6.07) is 10.4. The summed E-state index contributed by atoms with van der Waals surface area (Å²) in [4.78, 5) is 21.2. The van der Waals surface area contributed by atoms with E-state index >= 15 is 0 Å². The number of hydrogen-bond acceptors (Lipinski definition) is 5. The molecule has 0 atom stereocenters. The van der Waals surface area contributed by atoms with Crippen molar-refractivity contribution in [1.82, 2.24) is 0 Å². The van der Waals surface area contributed by atoms with E-state index in [1.54, 1.807) is 24.3 Å². The minimum Gasteiger partial charge on any atom is -0.478 e. The number of rotatable bonds is 3. The Morgan fingerprint density at radius 2 is 1.81 bits per heavy atom. The number of carbonyl (C=O) groups is 2. The maximum atomic E-state index is 11.2. The van der Waals surface area contributed by atoms with Crippen molar-refractivity contribution in [3.8, 4) is 11.8 Å². The van der Waals surface area contributed by atoms with E-state index in [9.17, 15) is 18.4 Å². The van der Waals surface area contributed by atoms with Gasteiger partial charge in [-0.25, -0.2) is 4.79 Å². The molecule has 0 fully saturated rings. The Kier molecular flexibility index (Phi) is 7.37. The number of carboxylic acid groups (broad SMARTS) is 1. The number of amides is 1. The van der Waals surface area contributed by atoms with Crippen LogP contribution < -0.4 is 9.67 Å². The summed E-state index contributed by atoms with van der Waals surface area (Å²) in [5.41, 5.74) is 0.861. The van der Waals surface area contributed by atoms with Crippen molar-refractivity contribution in [2.75, 3.05) is 5.32 Å². The Bertz CT molecular complexity index is 960. The van der Waals surface area contributed by atoms with Crippen molar-refractivity contribution in [3.63, 3.8) is 0 Å². The van der Waals surface area contributed by atoms with Gasteiger partial charge in [0.05, 0.1) is 5.56 Å². The molecule has 2 rings (SSSR count). The topological polar surface area (TPSA) is 168 Å². The molecule has 0 bridgehead atoms. The second-order valence-corrected chi connectivity index (χ2v) is 8.69. The van der Waals surface area contributed by atoms with Crippen LogP contribution in [0.5, 0.6) is 5.75 Å². The molecule has 0 aliphatic heterocycles. The number of anilines is 1. The normalized spacial score (nSPS) is 10.2. The summed E-state index contributed by atoms with van der Waals surface area (Å²) in [5, 5.41) is 28.8. The monoisotopic (exact) mass is 436 g/mol. The van der Waals surface area contributed by atoms with Gasteiger partial charge < -0.3 is 5.11 Å². The largest absolute Gasteiger partial charge is 0.478 e. The van der Waals surface area contributed by atoms with Gasteiger partial charge in [-0.05, 0) is 19.1 Å². The van der Waals surface area contributed by atoms with Crippen LogP contribution in [-0.2, 0) is 8.53 Å². The van der Waals surface area contributed by atoms with Gasteiger partial charge in [-0.3, -0.25) is 0 Å². The van der Waals surface area contributed by atoms with Crippen LogP contribution >= 0.6 is 0 Å². The summed E-state index contributed by atoms with van der Waals surface area (Å²) in [7, 11) is 0. The number of carbonyl (C=O) groups excluding carboxylic acids is 1. The van der Waals surface area contributed by atoms with Crippen molar-refractivity contribution in [3.05, 3.63) is 53.1 Å². The van der Waals surface area contributed by atoms with Gasteiger partial charge in [-0.2, -0.15) is 0 Å². The molecule has 0 aromatic heterocycles. The second-order valence-electron chi connectivity index (χ2n) is 5.40. The van der Waals surface area contributed by atoms with E-state index in [1.165, 1.54) is 0 Å². The predicted octanol–water partition coefficient (Wildman–Crippen LogP) is 0.476. The SMILES string of the molecule is CC(=O)Nc1c(O)cc(C#N)cc1[As](=O)(O)O.Cc1cccc(C(=O)O)c1. The Balaban J connectivity index is 0.000000309. The number of benzene rings is 2. The summed E-state index contributed by atoms with van der Waals surface area (Å²) in [6.45, 7) is 3.00. The van der Waals surface area contributed by atoms with Gasteiger partial charge in [-0.15, -0.1) is 0 Å². The van der Waals surface area contributed by atoms with E-state index in [-0.39, 0.29) is 11.3 Å². The number of phenols is 1. The number of carboxylic acids is 1. The maximum Gasteiger partial charge on any atom is 0.335 e. The van der Waals surface area contributed by atoms with Crippen molar-refractivity contribution in [2.24, 2.45) is 0 Å². The van der Waals surface area contributed by atoms with Crippen LogP contribution in [0.15, 0.2) is 36.4 Å². The smallest absolute Gasteiger partial charge is 0.335 e. The van der Waals surface area contributed by atoms with Gasteiger partial charge in [0.2, 0.25) is 0 Å². The number of hydrogen-bond donors (Lipinski definition) is 5. The standard InChI is InChI=1S/C9H9AsN2O5.C8H8O2/c1-5(13)12-9-7(10(15,16)17)2-6(4-11)3-8(9)14;1-6-3-2-4-7(5-6)8(9)10/h2-3,14H,1H3,(H,12,13)(H2,15,16,17);2-5H,1H3,(H,9,10). The van der Waals surface area contributed by atoms with Crippen LogP contribution in [0.1, 0.15) is 28.4 Å². The first-order chi connectivity index (χ1) is 12.5. The van der Waals surface area contributed by atoms with Gasteiger partial charge in [0, 0.05) is 0 Å². The minimum absolute atomic E-state index is 0.101. The van der Waals surface area contributed by atoms with Crippen LogP contribution in [0.25, 0.3) is 0 Å². The summed E-state index contributed by atoms with van der Waals surface area (Å²) < 4.78 is 29.0. The number of aryl methyl sites for hydroxylation is 1. The molecule has 27 heavy (non-hydrogen) atoms. The van der Waals surface area contributed by atoms with Crippen LogP contribution in [-0.4, -0.2) is 44.5 Å². The van der Waals surface area contributed by atoms with E-state index in [2.05, 4.69) is 5.32 Å². The Morgan fingerprint density at radius 3 is 2.22 bits per heavy atom. The van der Waals surface area contributed by atoms with Crippen molar-refractivity contribution in [1.29, 1.82) is 5.26 Å².